The summed E-state index contributed by atoms with van der Waals surface area (Å²) in [5.41, 5.74) is 8.71. The van der Waals surface area contributed by atoms with Crippen molar-refractivity contribution in [2.75, 3.05) is 5.32 Å². The Hall–Kier alpha value is -4.17. The van der Waals surface area contributed by atoms with Gasteiger partial charge in [0, 0.05) is 23.1 Å². The van der Waals surface area contributed by atoms with Crippen molar-refractivity contribution in [1.82, 2.24) is 0 Å². The Bertz CT molecular complexity index is 1270. The molecule has 3 atom stereocenters. The third kappa shape index (κ3) is 2.69. The van der Waals surface area contributed by atoms with Crippen molar-refractivity contribution in [2.24, 2.45) is 17.1 Å². The predicted octanol–water partition coefficient (Wildman–Crippen LogP) is 3.96. The van der Waals surface area contributed by atoms with E-state index in [-0.39, 0.29) is 5.91 Å². The second-order valence-corrected chi connectivity index (χ2v) is 7.87. The molecule has 2 aliphatic rings. The fraction of sp³-hybridized carbons (Fsp3) is 0.115. The van der Waals surface area contributed by atoms with Crippen molar-refractivity contribution in [2.45, 2.75) is 5.92 Å². The Balaban J connectivity index is 1.81. The number of benzene rings is 3. The maximum atomic E-state index is 13.1. The van der Waals surface area contributed by atoms with Crippen molar-refractivity contribution >= 4 is 28.6 Å². The first-order valence-corrected chi connectivity index (χ1v) is 10.1. The summed E-state index contributed by atoms with van der Waals surface area (Å²) >= 11 is 0. The summed E-state index contributed by atoms with van der Waals surface area (Å²) in [7, 11) is 0. The van der Waals surface area contributed by atoms with Crippen LogP contribution in [0.2, 0.25) is 0 Å². The highest BCUT2D eigenvalue weighted by Crippen LogP contribution is 2.70. The Morgan fingerprint density at radius 2 is 1.55 bits per heavy atom. The van der Waals surface area contributed by atoms with Crippen LogP contribution in [-0.2, 0) is 9.59 Å². The summed E-state index contributed by atoms with van der Waals surface area (Å²) in [6.45, 7) is 0. The molecule has 31 heavy (non-hydrogen) atoms. The molecule has 3 aromatic rings. The fourth-order valence-corrected chi connectivity index (χ4v) is 4.88. The van der Waals surface area contributed by atoms with Crippen LogP contribution in [0.1, 0.15) is 22.6 Å². The van der Waals surface area contributed by atoms with Gasteiger partial charge in [0.05, 0.1) is 11.6 Å². The summed E-state index contributed by atoms with van der Waals surface area (Å²) in [4.78, 5) is 25.8. The van der Waals surface area contributed by atoms with E-state index in [0.717, 1.165) is 22.4 Å². The number of hydrogen-bond acceptors (Lipinski definition) is 3. The molecule has 1 aliphatic carbocycles. The van der Waals surface area contributed by atoms with Crippen LogP contribution in [-0.4, -0.2) is 11.8 Å². The van der Waals surface area contributed by atoms with E-state index >= 15 is 0 Å². The highest BCUT2D eigenvalue weighted by Gasteiger charge is 2.72. The molecular formula is C26H19N3O2. The molecule has 0 bridgehead atoms. The van der Waals surface area contributed by atoms with Gasteiger partial charge in [-0.15, -0.1) is 0 Å². The van der Waals surface area contributed by atoms with E-state index in [2.05, 4.69) is 11.4 Å². The molecule has 3 aromatic carbocycles. The highest BCUT2D eigenvalue weighted by atomic mass is 16.2. The van der Waals surface area contributed by atoms with E-state index in [0.29, 0.717) is 11.1 Å². The van der Waals surface area contributed by atoms with Crippen molar-refractivity contribution in [1.29, 1.82) is 5.26 Å². The van der Waals surface area contributed by atoms with E-state index in [9.17, 15) is 14.9 Å². The number of nitrogens with zero attached hydrogens (tertiary/aromatic N) is 1. The molecule has 1 aliphatic heterocycles. The van der Waals surface area contributed by atoms with E-state index in [1.807, 2.05) is 84.9 Å². The second-order valence-electron chi connectivity index (χ2n) is 7.87. The highest BCUT2D eigenvalue weighted by molar-refractivity contribution is 6.37. The molecule has 0 aromatic heterocycles. The summed E-state index contributed by atoms with van der Waals surface area (Å²) in [5, 5.41) is 13.1. The first-order valence-electron chi connectivity index (χ1n) is 10.1. The lowest BCUT2D eigenvalue weighted by molar-refractivity contribution is -0.121. The number of fused-ring (bicyclic) bond motifs is 1. The molecule has 0 saturated heterocycles. The van der Waals surface area contributed by atoms with Gasteiger partial charge in [-0.3, -0.25) is 9.59 Å². The number of allylic oxidation sites excluding steroid dienone is 1. The topological polar surface area (TPSA) is 96.0 Å². The first kappa shape index (κ1) is 18.8. The minimum absolute atomic E-state index is 0.241. The zero-order chi connectivity index (χ0) is 21.6. The number of nitriles is 1. The van der Waals surface area contributed by atoms with Crippen LogP contribution in [0, 0.1) is 22.7 Å². The lowest BCUT2D eigenvalue weighted by Gasteiger charge is -2.13. The van der Waals surface area contributed by atoms with Gasteiger partial charge >= 0.3 is 0 Å². The number of carbonyl (C=O) groups is 2. The standard InChI is InChI=1S/C26H19N3O2/c27-15-26(25(28)31)22(17-11-5-2-6-12-17)23(26)20(16-9-3-1-4-10-16)21-18-13-7-8-14-19(18)29-24(21)30/h1-14,22-23H,(H2,28,31)(H,29,30)/b21-20-/t22-,23-,26+/m0/s1. The average Bonchev–Trinajstić information content (AvgIpc) is 3.38. The Morgan fingerprint density at radius 3 is 2.19 bits per heavy atom. The molecule has 1 heterocycles. The monoisotopic (exact) mass is 405 g/mol. The number of hydrogen-bond donors (Lipinski definition) is 2. The van der Waals surface area contributed by atoms with Gasteiger partial charge in [0.2, 0.25) is 5.91 Å². The molecule has 0 spiro atoms. The number of para-hydroxylation sites is 1. The van der Waals surface area contributed by atoms with Crippen LogP contribution < -0.4 is 11.1 Å². The molecule has 5 rings (SSSR count). The lowest BCUT2D eigenvalue weighted by Crippen LogP contribution is -2.26. The van der Waals surface area contributed by atoms with E-state index in [1.54, 1.807) is 0 Å². The van der Waals surface area contributed by atoms with Crippen molar-refractivity contribution in [3.8, 4) is 6.07 Å². The van der Waals surface area contributed by atoms with Crippen LogP contribution in [0.15, 0.2) is 84.9 Å². The van der Waals surface area contributed by atoms with Crippen molar-refractivity contribution in [3.05, 3.63) is 102 Å². The molecule has 1 fully saturated rings. The molecule has 2 amide bonds. The van der Waals surface area contributed by atoms with Gasteiger partial charge in [0.25, 0.3) is 5.91 Å². The maximum Gasteiger partial charge on any atom is 0.256 e. The quantitative estimate of drug-likeness (QED) is 0.643. The molecular weight excluding hydrogens is 386 g/mol. The lowest BCUT2D eigenvalue weighted by atomic mass is 9.88. The van der Waals surface area contributed by atoms with Crippen LogP contribution in [0.25, 0.3) is 11.1 Å². The van der Waals surface area contributed by atoms with Crippen LogP contribution in [0.4, 0.5) is 5.69 Å². The number of amides is 2. The zero-order valence-electron chi connectivity index (χ0n) is 16.6. The average molecular weight is 405 g/mol. The SMILES string of the molecule is N#C[C@]1(C(N)=O)[C@@H](/C(=C2\C(=O)Nc3ccccc32)c2ccccc2)[C@@H]1c1ccccc1. The number of nitrogens with one attached hydrogen (secondary N) is 1. The van der Waals surface area contributed by atoms with Gasteiger partial charge in [-0.1, -0.05) is 78.9 Å². The van der Waals surface area contributed by atoms with E-state index < -0.39 is 23.2 Å². The number of nitrogens with two attached hydrogens (primary N) is 1. The number of carbonyl (C=O) groups excluding carboxylic acids is 2. The number of anilines is 1. The third-order valence-electron chi connectivity index (χ3n) is 6.29. The van der Waals surface area contributed by atoms with Gasteiger partial charge in [0.15, 0.2) is 5.41 Å². The van der Waals surface area contributed by atoms with Gasteiger partial charge in [-0.2, -0.15) is 5.26 Å². The van der Waals surface area contributed by atoms with Gasteiger partial charge in [0.1, 0.15) is 0 Å². The minimum Gasteiger partial charge on any atom is -0.368 e. The molecule has 150 valence electrons. The van der Waals surface area contributed by atoms with Crippen molar-refractivity contribution in [3.63, 3.8) is 0 Å². The van der Waals surface area contributed by atoms with E-state index in [4.69, 9.17) is 5.73 Å². The van der Waals surface area contributed by atoms with Crippen LogP contribution in [0.5, 0.6) is 0 Å². The largest absolute Gasteiger partial charge is 0.368 e. The van der Waals surface area contributed by atoms with E-state index in [1.165, 1.54) is 0 Å². The Morgan fingerprint density at radius 1 is 0.935 bits per heavy atom. The predicted molar refractivity (Wildman–Crippen MR) is 118 cm³/mol. The van der Waals surface area contributed by atoms with Crippen LogP contribution in [0.3, 0.4) is 0 Å². The summed E-state index contributed by atoms with van der Waals surface area (Å²) in [6, 6.07) is 28.6. The smallest absolute Gasteiger partial charge is 0.256 e. The molecule has 3 N–H and O–H groups in total. The van der Waals surface area contributed by atoms with Crippen molar-refractivity contribution < 1.29 is 9.59 Å². The summed E-state index contributed by atoms with van der Waals surface area (Å²) in [6.07, 6.45) is 0. The van der Waals surface area contributed by atoms with Gasteiger partial charge in [-0.05, 0) is 22.8 Å². The van der Waals surface area contributed by atoms with Gasteiger partial charge in [-0.25, -0.2) is 0 Å². The third-order valence-corrected chi connectivity index (χ3v) is 6.29. The first-order chi connectivity index (χ1) is 15.1. The zero-order valence-corrected chi connectivity index (χ0v) is 16.6. The fourth-order valence-electron chi connectivity index (χ4n) is 4.88. The minimum atomic E-state index is -1.42. The molecule has 1 saturated carbocycles. The summed E-state index contributed by atoms with van der Waals surface area (Å²) < 4.78 is 0. The number of primary amides is 1. The molecule has 0 radical (unpaired) electrons. The molecule has 0 unspecified atom stereocenters. The second kappa shape index (κ2) is 6.96. The Labute approximate surface area is 179 Å². The number of rotatable bonds is 4. The van der Waals surface area contributed by atoms with Gasteiger partial charge < -0.3 is 11.1 Å². The normalized spacial score (nSPS) is 25.2. The molecule has 5 heteroatoms. The maximum absolute atomic E-state index is 13.1. The Kier molecular flexibility index (Phi) is 4.23. The van der Waals surface area contributed by atoms with Crippen LogP contribution >= 0.6 is 0 Å². The molecule has 5 nitrogen and oxygen atoms in total. The summed E-state index contributed by atoms with van der Waals surface area (Å²) in [5.74, 6) is -1.88.